The number of hydrogen-bond acceptors (Lipinski definition) is 4. The van der Waals surface area contributed by atoms with Crippen LogP contribution in [0.5, 0.6) is 11.5 Å². The molecule has 2 atom stereocenters. The van der Waals surface area contributed by atoms with Gasteiger partial charge in [-0.1, -0.05) is 11.6 Å². The van der Waals surface area contributed by atoms with Crippen LogP contribution in [0.25, 0.3) is 0 Å². The monoisotopic (exact) mass is 298 g/mol. The largest absolute Gasteiger partial charge is 0.496 e. The lowest BCUT2D eigenvalue weighted by Gasteiger charge is -2.24. The molecule has 0 aromatic heterocycles. The average Bonchev–Trinajstić information content (AvgIpc) is 2.80. The molecule has 0 radical (unpaired) electrons. The smallest absolute Gasteiger partial charge is 0.144 e. The first-order valence-corrected chi connectivity index (χ1v) is 7.22. The van der Waals surface area contributed by atoms with Crippen molar-refractivity contribution in [3.63, 3.8) is 0 Å². The van der Waals surface area contributed by atoms with Gasteiger partial charge in [0.1, 0.15) is 11.5 Å². The predicted molar refractivity (Wildman–Crippen MR) is 81.8 cm³/mol. The summed E-state index contributed by atoms with van der Waals surface area (Å²) in [5.41, 5.74) is 7.87. The van der Waals surface area contributed by atoms with Crippen LogP contribution in [0.4, 0.5) is 0 Å². The van der Waals surface area contributed by atoms with Crippen LogP contribution in [0, 0.1) is 12.8 Å². The van der Waals surface area contributed by atoms with Crippen molar-refractivity contribution in [3.05, 3.63) is 22.2 Å². The van der Waals surface area contributed by atoms with Crippen LogP contribution in [0.15, 0.2) is 6.07 Å². The van der Waals surface area contributed by atoms with E-state index in [1.807, 2.05) is 13.0 Å². The molecule has 2 unspecified atom stereocenters. The lowest BCUT2D eigenvalue weighted by atomic mass is 9.97. The van der Waals surface area contributed by atoms with Crippen LogP contribution in [0.1, 0.15) is 23.6 Å². The number of halogens is 1. The van der Waals surface area contributed by atoms with Gasteiger partial charge >= 0.3 is 0 Å². The third-order valence-electron chi connectivity index (χ3n) is 4.18. The maximum atomic E-state index is 6.34. The van der Waals surface area contributed by atoms with Gasteiger partial charge in [0.15, 0.2) is 0 Å². The Morgan fingerprint density at radius 2 is 2.00 bits per heavy atom. The number of nitrogens with zero attached hydrogens (tertiary/aromatic N) is 1. The van der Waals surface area contributed by atoms with Gasteiger partial charge in [0.05, 0.1) is 19.2 Å². The highest BCUT2D eigenvalue weighted by Crippen LogP contribution is 2.45. The predicted octanol–water partition coefficient (Wildman–Crippen LogP) is 2.62. The van der Waals surface area contributed by atoms with Gasteiger partial charge < -0.3 is 15.2 Å². The highest BCUT2D eigenvalue weighted by molar-refractivity contribution is 6.32. The third kappa shape index (κ3) is 2.60. The number of likely N-dealkylation sites (tertiary alicyclic amines) is 1. The summed E-state index contributed by atoms with van der Waals surface area (Å²) in [6.45, 7) is 3.70. The van der Waals surface area contributed by atoms with Crippen molar-refractivity contribution < 1.29 is 9.47 Å². The minimum absolute atomic E-state index is 0.292. The van der Waals surface area contributed by atoms with Gasteiger partial charge in [0.2, 0.25) is 0 Å². The molecule has 1 saturated heterocycles. The van der Waals surface area contributed by atoms with Crippen molar-refractivity contribution in [2.75, 3.05) is 34.4 Å². The fraction of sp³-hybridized carbons (Fsp3) is 0.600. The van der Waals surface area contributed by atoms with Gasteiger partial charge in [-0.3, -0.25) is 4.90 Å². The van der Waals surface area contributed by atoms with E-state index in [0.717, 1.165) is 29.8 Å². The average molecular weight is 299 g/mol. The molecule has 4 nitrogen and oxygen atoms in total. The second-order valence-electron chi connectivity index (χ2n) is 5.43. The summed E-state index contributed by atoms with van der Waals surface area (Å²) in [5, 5.41) is 0.630. The molecule has 2 N–H and O–H groups in total. The highest BCUT2D eigenvalue weighted by Gasteiger charge is 2.33. The molecular formula is C15H23ClN2O2. The van der Waals surface area contributed by atoms with Crippen LogP contribution >= 0.6 is 11.6 Å². The van der Waals surface area contributed by atoms with E-state index in [2.05, 4.69) is 11.9 Å². The minimum Gasteiger partial charge on any atom is -0.496 e. The summed E-state index contributed by atoms with van der Waals surface area (Å²) in [5.74, 6) is 2.07. The van der Waals surface area contributed by atoms with Crippen LogP contribution < -0.4 is 15.2 Å². The number of nitrogens with two attached hydrogens (primary N) is 1. The van der Waals surface area contributed by atoms with Crippen LogP contribution in [-0.4, -0.2) is 39.3 Å². The van der Waals surface area contributed by atoms with E-state index in [9.17, 15) is 0 Å². The van der Waals surface area contributed by atoms with Gasteiger partial charge in [-0.25, -0.2) is 0 Å². The molecule has 1 heterocycles. The summed E-state index contributed by atoms with van der Waals surface area (Å²) in [6, 6.07) is 2.26. The second kappa shape index (κ2) is 6.20. The number of rotatable bonds is 4. The Kier molecular flexibility index (Phi) is 4.78. The molecule has 20 heavy (non-hydrogen) atoms. The maximum absolute atomic E-state index is 6.34. The Morgan fingerprint density at radius 3 is 2.50 bits per heavy atom. The first-order chi connectivity index (χ1) is 9.53. The summed E-state index contributed by atoms with van der Waals surface area (Å²) >= 11 is 6.34. The van der Waals surface area contributed by atoms with Gasteiger partial charge in [-0.2, -0.15) is 0 Å². The fourth-order valence-corrected chi connectivity index (χ4v) is 3.51. The summed E-state index contributed by atoms with van der Waals surface area (Å²) in [7, 11) is 5.43. The molecule has 0 spiro atoms. The van der Waals surface area contributed by atoms with E-state index in [-0.39, 0.29) is 0 Å². The summed E-state index contributed by atoms with van der Waals surface area (Å²) < 4.78 is 11.0. The molecule has 0 bridgehead atoms. The summed E-state index contributed by atoms with van der Waals surface area (Å²) in [4.78, 5) is 2.32. The van der Waals surface area contributed by atoms with E-state index in [4.69, 9.17) is 26.8 Å². The van der Waals surface area contributed by atoms with Gasteiger partial charge in [-0.15, -0.1) is 0 Å². The molecule has 0 saturated carbocycles. The molecular weight excluding hydrogens is 276 g/mol. The lowest BCUT2D eigenvalue weighted by Crippen LogP contribution is -2.21. The van der Waals surface area contributed by atoms with Gasteiger partial charge in [0.25, 0.3) is 0 Å². The van der Waals surface area contributed by atoms with Crippen LogP contribution in [-0.2, 0) is 0 Å². The van der Waals surface area contributed by atoms with Gasteiger partial charge in [-0.05, 0) is 38.9 Å². The Balaban J connectivity index is 2.46. The topological polar surface area (TPSA) is 47.7 Å². The van der Waals surface area contributed by atoms with E-state index in [1.54, 1.807) is 14.2 Å². The third-order valence-corrected chi connectivity index (χ3v) is 4.46. The van der Waals surface area contributed by atoms with Crippen molar-refractivity contribution in [3.8, 4) is 11.5 Å². The zero-order valence-electron chi connectivity index (χ0n) is 12.6. The maximum Gasteiger partial charge on any atom is 0.144 e. The zero-order valence-corrected chi connectivity index (χ0v) is 13.3. The molecule has 2 rings (SSSR count). The van der Waals surface area contributed by atoms with Crippen molar-refractivity contribution in [1.82, 2.24) is 4.90 Å². The molecule has 5 heteroatoms. The highest BCUT2D eigenvalue weighted by atomic mass is 35.5. The molecule has 112 valence electrons. The number of hydrogen-bond donors (Lipinski definition) is 1. The summed E-state index contributed by atoms with van der Waals surface area (Å²) in [6.07, 6.45) is 1.03. The Labute approximate surface area is 125 Å². The van der Waals surface area contributed by atoms with Crippen LogP contribution in [0.2, 0.25) is 5.02 Å². The van der Waals surface area contributed by atoms with E-state index in [0.29, 0.717) is 29.3 Å². The molecule has 1 fully saturated rings. The SMILES string of the molecule is COc1c(Cl)cc(C2CC(CN)CN2C)c(OC)c1C. The van der Waals surface area contributed by atoms with Crippen molar-refractivity contribution in [1.29, 1.82) is 0 Å². The Hall–Kier alpha value is -0.970. The number of methoxy groups -OCH3 is 2. The van der Waals surface area contributed by atoms with E-state index >= 15 is 0 Å². The standard InChI is InChI=1S/C15H23ClN2O2/c1-9-14(19-3)11(6-12(16)15(9)20-4)13-5-10(7-17)8-18(13)2/h6,10,13H,5,7-8,17H2,1-4H3. The van der Waals surface area contributed by atoms with Crippen molar-refractivity contribution in [2.45, 2.75) is 19.4 Å². The van der Waals surface area contributed by atoms with E-state index in [1.165, 1.54) is 0 Å². The fourth-order valence-electron chi connectivity index (χ4n) is 3.18. The normalized spacial score (nSPS) is 23.1. The van der Waals surface area contributed by atoms with Crippen molar-refractivity contribution in [2.24, 2.45) is 11.7 Å². The molecule has 1 aromatic rings. The molecule has 1 aliphatic rings. The molecule has 1 aromatic carbocycles. The first kappa shape index (κ1) is 15.4. The quantitative estimate of drug-likeness (QED) is 0.928. The number of ether oxygens (including phenoxy) is 2. The second-order valence-corrected chi connectivity index (χ2v) is 5.84. The van der Waals surface area contributed by atoms with E-state index < -0.39 is 0 Å². The molecule has 0 amide bonds. The Morgan fingerprint density at radius 1 is 1.35 bits per heavy atom. The molecule has 0 aliphatic carbocycles. The van der Waals surface area contributed by atoms with Gasteiger partial charge in [0, 0.05) is 23.7 Å². The first-order valence-electron chi connectivity index (χ1n) is 6.84. The Bertz CT molecular complexity index is 493. The van der Waals surface area contributed by atoms with Crippen LogP contribution in [0.3, 0.4) is 0 Å². The van der Waals surface area contributed by atoms with Crippen molar-refractivity contribution >= 4 is 11.6 Å². The molecule has 1 aliphatic heterocycles. The zero-order chi connectivity index (χ0) is 14.9. The minimum atomic E-state index is 0.292. The lowest BCUT2D eigenvalue weighted by molar-refractivity contribution is 0.301. The number of benzene rings is 1.